The van der Waals surface area contributed by atoms with Crippen LogP contribution in [0, 0.1) is 41.5 Å². The van der Waals surface area contributed by atoms with Crippen LogP contribution in [-0.2, 0) is 0 Å². The van der Waals surface area contributed by atoms with Crippen molar-refractivity contribution in [3.05, 3.63) is 504 Å². The predicted octanol–water partition coefficient (Wildman–Crippen LogP) is 38.7. The summed E-state index contributed by atoms with van der Waals surface area (Å²) in [6.07, 6.45) is 0. The van der Waals surface area contributed by atoms with Crippen LogP contribution < -0.4 is 0 Å². The molecular weight excluding hydrogens is 1590 g/mol. The van der Waals surface area contributed by atoms with Gasteiger partial charge in [-0.2, -0.15) is 0 Å². The van der Waals surface area contributed by atoms with E-state index < -0.39 is 0 Å². The highest BCUT2D eigenvalue weighted by Crippen LogP contribution is 2.44. The molecule has 0 saturated carbocycles. The fourth-order valence-electron chi connectivity index (χ4n) is 17.9. The molecule has 18 rings (SSSR count). The van der Waals surface area contributed by atoms with E-state index in [0.29, 0.717) is 35.5 Å². The highest BCUT2D eigenvalue weighted by molar-refractivity contribution is 5.92. The van der Waals surface area contributed by atoms with Crippen molar-refractivity contribution in [2.75, 3.05) is 0 Å². The number of benzene rings is 18. The summed E-state index contributed by atoms with van der Waals surface area (Å²) in [4.78, 5) is 0. The molecule has 0 bridgehead atoms. The van der Waals surface area contributed by atoms with Crippen molar-refractivity contribution in [1.82, 2.24) is 0 Å². The highest BCUT2D eigenvalue weighted by atomic mass is 14.2. The second-order valence-corrected chi connectivity index (χ2v) is 36.8. The molecule has 0 spiro atoms. The van der Waals surface area contributed by atoms with Gasteiger partial charge in [0.25, 0.3) is 0 Å². The van der Waals surface area contributed by atoms with Crippen molar-refractivity contribution in [3.8, 4) is 134 Å². The molecule has 0 atom stereocenters. The summed E-state index contributed by atoms with van der Waals surface area (Å²) in [7, 11) is 0. The Morgan fingerprint density at radius 2 is 0.379 bits per heavy atom. The molecule has 0 aliphatic rings. The molecule has 0 radical (unpaired) electrons. The van der Waals surface area contributed by atoms with Gasteiger partial charge in [-0.1, -0.05) is 525 Å². The quantitative estimate of drug-likeness (QED) is 0.0803. The van der Waals surface area contributed by atoms with Crippen LogP contribution in [-0.4, -0.2) is 0 Å². The van der Waals surface area contributed by atoms with Gasteiger partial charge in [-0.05, 0) is 272 Å². The minimum atomic E-state index is 0.513. The second-order valence-electron chi connectivity index (χ2n) is 36.8. The molecule has 18 aromatic carbocycles. The average Bonchev–Trinajstić information content (AvgIpc) is 0.813. The Morgan fingerprint density at radius 1 is 0.129 bits per heavy atom. The van der Waals surface area contributed by atoms with Crippen LogP contribution in [0.4, 0.5) is 0 Å². The van der Waals surface area contributed by atoms with E-state index in [1.807, 2.05) is 0 Å². The van der Waals surface area contributed by atoms with Crippen LogP contribution in [0.15, 0.2) is 437 Å². The molecule has 0 aromatic heterocycles. The van der Waals surface area contributed by atoms with E-state index in [9.17, 15) is 0 Å². The molecule has 18 aromatic rings. The molecule has 0 aliphatic heterocycles. The van der Waals surface area contributed by atoms with Gasteiger partial charge in [-0.25, -0.2) is 0 Å². The maximum absolute atomic E-state index is 2.33. The maximum atomic E-state index is 2.33. The molecule has 0 N–H and O–H groups in total. The molecule has 0 nitrogen and oxygen atoms in total. The standard InChI is InChI=1S/6C22H22/c1-16(2)19-12-8-13-20(15-19)21-14-7-9-17(3)22(21)18-10-5-4-6-11-18;1-16(2)19-12-8-13-20(15-19)22-17(3)9-7-14-21(22)18-10-5-4-6-11-18;1-16(2)19-13-7-8-14-21(19)22-17(3)10-9-15-20(22)18-11-5-4-6-12-18;1-16(2)19-13-7-8-14-20(19)21-15-9-10-17(3)22(21)18-11-5-4-6-12-18;1-16(2)18-12-14-20(15-13-18)22-17(3)8-7-11-21(22)19-9-5-4-6-10-19;1-16(2)18-10-12-20(13-11-18)22-15-17(3)9-14-21(22)19-7-5-4-6-8-19/h6*4-16H,1-3H3. The van der Waals surface area contributed by atoms with Gasteiger partial charge in [0, 0.05) is 0 Å². The first kappa shape index (κ1) is 95.5. The van der Waals surface area contributed by atoms with Gasteiger partial charge in [0.2, 0.25) is 0 Å². The number of hydrogen-bond donors (Lipinski definition) is 0. The van der Waals surface area contributed by atoms with Crippen molar-refractivity contribution in [2.24, 2.45) is 0 Å². The highest BCUT2D eigenvalue weighted by Gasteiger charge is 2.20. The molecule has 0 heterocycles. The number of aryl methyl sites for hydroxylation is 6. The van der Waals surface area contributed by atoms with Crippen molar-refractivity contribution in [3.63, 3.8) is 0 Å². The molecule has 0 saturated heterocycles. The van der Waals surface area contributed by atoms with Crippen LogP contribution in [0.3, 0.4) is 0 Å². The summed E-state index contributed by atoms with van der Waals surface area (Å²) >= 11 is 0. The number of rotatable bonds is 18. The zero-order valence-electron chi connectivity index (χ0n) is 81.0. The van der Waals surface area contributed by atoms with Crippen molar-refractivity contribution >= 4 is 0 Å². The Balaban J connectivity index is 0.000000135. The normalized spacial score (nSPS) is 10.9. The first-order valence-electron chi connectivity index (χ1n) is 47.5. The molecule has 0 aliphatic carbocycles. The zero-order valence-corrected chi connectivity index (χ0v) is 81.0. The van der Waals surface area contributed by atoms with Gasteiger partial charge in [-0.15, -0.1) is 0 Å². The Labute approximate surface area is 791 Å². The Bertz CT molecular complexity index is 6650. The molecule has 0 fully saturated rings. The number of hydrogen-bond acceptors (Lipinski definition) is 0. The third-order valence-corrected chi connectivity index (χ3v) is 25.2. The Morgan fingerprint density at radius 3 is 0.765 bits per heavy atom. The van der Waals surface area contributed by atoms with Gasteiger partial charge >= 0.3 is 0 Å². The third-order valence-electron chi connectivity index (χ3n) is 25.2. The summed E-state index contributed by atoms with van der Waals surface area (Å²) in [5.41, 5.74) is 47.7. The van der Waals surface area contributed by atoms with E-state index in [1.165, 1.54) is 200 Å². The van der Waals surface area contributed by atoms with Crippen LogP contribution in [0.2, 0.25) is 0 Å². The predicted molar refractivity (Wildman–Crippen MR) is 577 cm³/mol. The van der Waals surface area contributed by atoms with Gasteiger partial charge in [0.1, 0.15) is 0 Å². The molecule has 0 unspecified atom stereocenters. The van der Waals surface area contributed by atoms with Crippen molar-refractivity contribution in [1.29, 1.82) is 0 Å². The lowest BCUT2D eigenvalue weighted by molar-refractivity contribution is 0.867. The minimum Gasteiger partial charge on any atom is -0.0622 e. The zero-order chi connectivity index (χ0) is 93.2. The van der Waals surface area contributed by atoms with Gasteiger partial charge in [0.05, 0.1) is 0 Å². The topological polar surface area (TPSA) is 0 Å². The van der Waals surface area contributed by atoms with E-state index in [1.54, 1.807) is 0 Å². The van der Waals surface area contributed by atoms with Gasteiger partial charge in [0.15, 0.2) is 0 Å². The summed E-state index contributed by atoms with van der Waals surface area (Å²) in [5, 5.41) is 0. The largest absolute Gasteiger partial charge is 0.0622 e. The molecule has 660 valence electrons. The lowest BCUT2D eigenvalue weighted by Gasteiger charge is -2.18. The fraction of sp³-hybridized carbons (Fsp3) is 0.182. The monoisotopic (exact) mass is 1720 g/mol. The summed E-state index contributed by atoms with van der Waals surface area (Å²) in [6, 6.07) is 157. The summed E-state index contributed by atoms with van der Waals surface area (Å²) in [6.45, 7) is 40.1. The minimum absolute atomic E-state index is 0.513. The first-order chi connectivity index (χ1) is 64.0. The maximum Gasteiger partial charge on any atom is -0.00733 e. The van der Waals surface area contributed by atoms with E-state index in [4.69, 9.17) is 0 Å². The first-order valence-corrected chi connectivity index (χ1v) is 47.5. The molecular formula is C132H132. The van der Waals surface area contributed by atoms with E-state index in [0.717, 1.165) is 0 Å². The lowest BCUT2D eigenvalue weighted by Crippen LogP contribution is -1.96. The smallest absolute Gasteiger partial charge is 0.00733 e. The van der Waals surface area contributed by atoms with E-state index >= 15 is 0 Å². The van der Waals surface area contributed by atoms with Gasteiger partial charge < -0.3 is 0 Å². The van der Waals surface area contributed by atoms with Crippen LogP contribution in [0.25, 0.3) is 134 Å². The molecule has 0 heteroatoms. The molecule has 0 amide bonds. The SMILES string of the molecule is Cc1ccc(-c2ccccc2)c(-c2ccc(C(C)C)cc2)c1.Cc1cccc(-c2cccc(C(C)C)c2)c1-c1ccccc1.Cc1cccc(-c2ccccc2)c1-c1ccc(C(C)C)cc1.Cc1cccc(-c2ccccc2)c1-c1cccc(C(C)C)c1.Cc1cccc(-c2ccccc2)c1-c1ccccc1C(C)C.Cc1cccc(-c2ccccc2C(C)C)c1-c1ccccc1. The van der Waals surface area contributed by atoms with E-state index in [-0.39, 0.29) is 0 Å². The summed E-state index contributed by atoms with van der Waals surface area (Å²) in [5.74, 6) is 3.26. The van der Waals surface area contributed by atoms with Crippen LogP contribution >= 0.6 is 0 Å². The van der Waals surface area contributed by atoms with E-state index in [2.05, 4.69) is 561 Å². The fourth-order valence-corrected chi connectivity index (χ4v) is 17.9. The second kappa shape index (κ2) is 46.5. The van der Waals surface area contributed by atoms with Crippen molar-refractivity contribution < 1.29 is 0 Å². The lowest BCUT2D eigenvalue weighted by atomic mass is 9.86. The van der Waals surface area contributed by atoms with Crippen molar-refractivity contribution in [2.45, 2.75) is 160 Å². The Kier molecular flexibility index (Phi) is 33.6. The Hall–Kier alpha value is -14.0. The van der Waals surface area contributed by atoms with Crippen LogP contribution in [0.5, 0.6) is 0 Å². The summed E-state index contributed by atoms with van der Waals surface area (Å²) < 4.78 is 0. The van der Waals surface area contributed by atoms with Gasteiger partial charge in [-0.3, -0.25) is 0 Å². The molecule has 132 heavy (non-hydrogen) atoms. The van der Waals surface area contributed by atoms with Crippen LogP contribution in [0.1, 0.15) is 185 Å². The average molecular weight is 1720 g/mol. The third kappa shape index (κ3) is 24.3.